The van der Waals surface area contributed by atoms with Crippen LogP contribution in [0.25, 0.3) is 0 Å². The molecule has 2 atom stereocenters. The molecule has 3 heterocycles. The molecule has 1 amide bonds. The van der Waals surface area contributed by atoms with Crippen LogP contribution in [0.4, 0.5) is 0 Å². The van der Waals surface area contributed by atoms with Crippen molar-refractivity contribution in [3.63, 3.8) is 0 Å². The minimum absolute atomic E-state index is 0.199. The number of aromatic nitrogens is 2. The Morgan fingerprint density at radius 1 is 1.29 bits per heavy atom. The van der Waals surface area contributed by atoms with Gasteiger partial charge in [0.2, 0.25) is 0 Å². The molecular weight excluding hydrogens is 220 g/mol. The number of rotatable bonds is 2. The summed E-state index contributed by atoms with van der Waals surface area (Å²) in [5.41, 5.74) is -0.0404. The molecule has 2 fully saturated rings. The van der Waals surface area contributed by atoms with Crippen LogP contribution in [0.3, 0.4) is 0 Å². The molecule has 3 rings (SSSR count). The number of fused-ring (bicyclic) bond motifs is 2. The molecule has 2 aliphatic heterocycles. The molecular formula is C11H16N4O2. The lowest BCUT2D eigenvalue weighted by molar-refractivity contribution is 0.0919. The van der Waals surface area contributed by atoms with Crippen molar-refractivity contribution in [1.29, 1.82) is 0 Å². The van der Waals surface area contributed by atoms with Gasteiger partial charge in [0.05, 0.1) is 0 Å². The summed E-state index contributed by atoms with van der Waals surface area (Å²) in [6.07, 6.45) is 5.79. The second-order valence-electron chi connectivity index (χ2n) is 4.94. The fourth-order valence-electron chi connectivity index (χ4n) is 2.89. The highest BCUT2D eigenvalue weighted by Gasteiger charge is 2.34. The number of hydrogen-bond donors (Lipinski definition) is 4. The van der Waals surface area contributed by atoms with Crippen molar-refractivity contribution >= 4 is 5.91 Å². The Morgan fingerprint density at radius 3 is 2.59 bits per heavy atom. The van der Waals surface area contributed by atoms with Gasteiger partial charge < -0.3 is 20.6 Å². The number of carbonyl (C=O) groups is 1. The molecule has 2 bridgehead atoms. The highest BCUT2D eigenvalue weighted by Crippen LogP contribution is 2.26. The zero-order valence-electron chi connectivity index (χ0n) is 9.45. The molecule has 0 spiro atoms. The summed E-state index contributed by atoms with van der Waals surface area (Å²) >= 11 is 0. The van der Waals surface area contributed by atoms with Gasteiger partial charge >= 0.3 is 5.69 Å². The molecule has 4 N–H and O–H groups in total. The largest absolute Gasteiger partial charge is 0.348 e. The van der Waals surface area contributed by atoms with Gasteiger partial charge in [-0.3, -0.25) is 4.79 Å². The first-order chi connectivity index (χ1) is 8.20. The molecule has 2 aliphatic rings. The van der Waals surface area contributed by atoms with Crippen LogP contribution in [0.5, 0.6) is 0 Å². The van der Waals surface area contributed by atoms with Gasteiger partial charge in [-0.2, -0.15) is 0 Å². The molecule has 2 unspecified atom stereocenters. The van der Waals surface area contributed by atoms with E-state index in [1.165, 1.54) is 19.0 Å². The highest BCUT2D eigenvalue weighted by atomic mass is 16.2. The number of nitrogens with one attached hydrogen (secondary N) is 4. The molecule has 6 nitrogen and oxygen atoms in total. The Morgan fingerprint density at radius 2 is 2.00 bits per heavy atom. The van der Waals surface area contributed by atoms with Crippen molar-refractivity contribution < 1.29 is 4.79 Å². The fourth-order valence-corrected chi connectivity index (χ4v) is 2.89. The topological polar surface area (TPSA) is 89.8 Å². The Balaban J connectivity index is 1.63. The number of carbonyl (C=O) groups excluding carboxylic acids is 1. The maximum absolute atomic E-state index is 11.8. The summed E-state index contributed by atoms with van der Waals surface area (Å²) in [7, 11) is 0. The highest BCUT2D eigenvalue weighted by molar-refractivity contribution is 5.92. The molecule has 0 aliphatic carbocycles. The molecule has 0 aromatic carbocycles. The Labute approximate surface area is 98.2 Å². The second kappa shape index (κ2) is 4.03. The normalized spacial score (nSPS) is 31.4. The first-order valence-corrected chi connectivity index (χ1v) is 6.05. The van der Waals surface area contributed by atoms with Gasteiger partial charge in [0.1, 0.15) is 5.69 Å². The zero-order chi connectivity index (χ0) is 11.8. The number of imidazole rings is 1. The maximum Gasteiger partial charge on any atom is 0.323 e. The van der Waals surface area contributed by atoms with Gasteiger partial charge in [-0.25, -0.2) is 4.79 Å². The molecule has 1 aromatic rings. The van der Waals surface area contributed by atoms with Gasteiger partial charge in [-0.15, -0.1) is 0 Å². The first-order valence-electron chi connectivity index (χ1n) is 6.05. The van der Waals surface area contributed by atoms with E-state index in [2.05, 4.69) is 20.6 Å². The number of aromatic amines is 2. The first kappa shape index (κ1) is 10.6. The van der Waals surface area contributed by atoms with Crippen LogP contribution in [0.2, 0.25) is 0 Å². The second-order valence-corrected chi connectivity index (χ2v) is 4.94. The van der Waals surface area contributed by atoms with Crippen LogP contribution in [-0.2, 0) is 0 Å². The van der Waals surface area contributed by atoms with Gasteiger partial charge in [0, 0.05) is 24.3 Å². The SMILES string of the molecule is O=C(NC1CC2CCC(C1)N2)c1c[nH]c(=O)[nH]1. The zero-order valence-corrected chi connectivity index (χ0v) is 9.45. The smallest absolute Gasteiger partial charge is 0.323 e. The number of amides is 1. The fraction of sp³-hybridized carbons (Fsp3) is 0.636. The van der Waals surface area contributed by atoms with Gasteiger partial charge in [-0.05, 0) is 25.7 Å². The minimum atomic E-state index is -0.347. The van der Waals surface area contributed by atoms with Crippen LogP contribution >= 0.6 is 0 Å². The van der Waals surface area contributed by atoms with E-state index in [4.69, 9.17) is 0 Å². The van der Waals surface area contributed by atoms with E-state index in [-0.39, 0.29) is 17.6 Å². The van der Waals surface area contributed by atoms with Gasteiger partial charge in [0.15, 0.2) is 0 Å². The Hall–Kier alpha value is -1.56. The maximum atomic E-state index is 11.8. The van der Waals surface area contributed by atoms with Gasteiger partial charge in [-0.1, -0.05) is 0 Å². The van der Waals surface area contributed by atoms with Crippen molar-refractivity contribution in [2.45, 2.75) is 43.8 Å². The van der Waals surface area contributed by atoms with E-state index in [0.29, 0.717) is 17.8 Å². The Kier molecular flexibility index (Phi) is 2.51. The Bertz CT molecular complexity index is 466. The number of piperidine rings is 1. The third-order valence-corrected chi connectivity index (χ3v) is 3.65. The predicted molar refractivity (Wildman–Crippen MR) is 61.8 cm³/mol. The molecule has 0 saturated carbocycles. The van der Waals surface area contributed by atoms with Crippen molar-refractivity contribution in [1.82, 2.24) is 20.6 Å². The minimum Gasteiger partial charge on any atom is -0.348 e. The van der Waals surface area contributed by atoms with E-state index in [9.17, 15) is 9.59 Å². The third-order valence-electron chi connectivity index (χ3n) is 3.65. The quantitative estimate of drug-likeness (QED) is 0.569. The average Bonchev–Trinajstić information content (AvgIpc) is 2.85. The summed E-state index contributed by atoms with van der Waals surface area (Å²) in [5, 5.41) is 6.50. The lowest BCUT2D eigenvalue weighted by Crippen LogP contribution is -2.48. The summed E-state index contributed by atoms with van der Waals surface area (Å²) < 4.78 is 0. The van der Waals surface area contributed by atoms with Crippen molar-refractivity contribution in [3.8, 4) is 0 Å². The monoisotopic (exact) mass is 236 g/mol. The molecule has 1 aromatic heterocycles. The van der Waals surface area contributed by atoms with Gasteiger partial charge in [0.25, 0.3) is 5.91 Å². The standard InChI is InChI=1S/C11H16N4O2/c16-10(9-5-12-11(17)15-9)14-8-3-6-1-2-7(4-8)13-6/h5-8,13H,1-4H2,(H,14,16)(H2,12,15,17). The van der Waals surface area contributed by atoms with Crippen molar-refractivity contribution in [3.05, 3.63) is 22.4 Å². The van der Waals surface area contributed by atoms with E-state index in [1.807, 2.05) is 0 Å². The third kappa shape index (κ3) is 2.12. The summed E-state index contributed by atoms with van der Waals surface area (Å²) in [5.74, 6) is -0.199. The lowest BCUT2D eigenvalue weighted by Gasteiger charge is -2.29. The van der Waals surface area contributed by atoms with E-state index >= 15 is 0 Å². The predicted octanol–water partition coefficient (Wildman–Crippen LogP) is -0.284. The van der Waals surface area contributed by atoms with Crippen LogP contribution < -0.4 is 16.3 Å². The van der Waals surface area contributed by atoms with Crippen molar-refractivity contribution in [2.24, 2.45) is 0 Å². The number of H-pyrrole nitrogens is 2. The van der Waals surface area contributed by atoms with Crippen molar-refractivity contribution in [2.75, 3.05) is 0 Å². The summed E-state index contributed by atoms with van der Waals surface area (Å²) in [6.45, 7) is 0. The van der Waals surface area contributed by atoms with E-state index in [1.54, 1.807) is 0 Å². The summed E-state index contributed by atoms with van der Waals surface area (Å²) in [6, 6.07) is 1.31. The molecule has 6 heteroatoms. The molecule has 92 valence electrons. The van der Waals surface area contributed by atoms with Crippen LogP contribution in [0.15, 0.2) is 11.0 Å². The summed E-state index contributed by atoms with van der Waals surface area (Å²) in [4.78, 5) is 27.6. The molecule has 17 heavy (non-hydrogen) atoms. The molecule has 0 radical (unpaired) electrons. The van der Waals surface area contributed by atoms with Crippen LogP contribution in [0, 0.1) is 0 Å². The van der Waals surface area contributed by atoms with Crippen LogP contribution in [-0.4, -0.2) is 34.0 Å². The van der Waals surface area contributed by atoms with E-state index < -0.39 is 0 Å². The molecule has 2 saturated heterocycles. The van der Waals surface area contributed by atoms with Crippen LogP contribution in [0.1, 0.15) is 36.2 Å². The lowest BCUT2D eigenvalue weighted by atomic mass is 10.00. The van der Waals surface area contributed by atoms with E-state index in [0.717, 1.165) is 12.8 Å². The number of hydrogen-bond acceptors (Lipinski definition) is 3. The average molecular weight is 236 g/mol.